The van der Waals surface area contributed by atoms with Crippen LogP contribution in [0.2, 0.25) is 0 Å². The number of esters is 1. The third-order valence-corrected chi connectivity index (χ3v) is 1.45. The molecule has 0 radical (unpaired) electrons. The summed E-state index contributed by atoms with van der Waals surface area (Å²) in [6.07, 6.45) is 1.67. The van der Waals surface area contributed by atoms with Crippen LogP contribution in [0, 0.1) is 0 Å². The summed E-state index contributed by atoms with van der Waals surface area (Å²) >= 11 is 0. The fourth-order valence-corrected chi connectivity index (χ4v) is 0.856. The van der Waals surface area contributed by atoms with Crippen molar-refractivity contribution in [3.63, 3.8) is 0 Å². The Balaban J connectivity index is 0.000000325. The number of hydrogen-bond donors (Lipinski definition) is 0. The summed E-state index contributed by atoms with van der Waals surface area (Å²) in [5.74, 6) is -0.211. The van der Waals surface area contributed by atoms with E-state index in [2.05, 4.69) is 14.7 Å². The van der Waals surface area contributed by atoms with Crippen LogP contribution in [0.5, 0.6) is 0 Å². The first kappa shape index (κ1) is 14.2. The predicted molar refractivity (Wildman–Crippen MR) is 63.4 cm³/mol. The molecule has 0 spiro atoms. The Kier molecular flexibility index (Phi) is 8.59. The molecule has 1 rings (SSSR count). The van der Waals surface area contributed by atoms with E-state index in [1.54, 1.807) is 13.1 Å². The van der Waals surface area contributed by atoms with Crippen molar-refractivity contribution in [2.45, 2.75) is 13.8 Å². The number of benzene rings is 1. The Morgan fingerprint density at radius 2 is 2.00 bits per heavy atom. The topological polar surface area (TPSA) is 47.9 Å². The summed E-state index contributed by atoms with van der Waals surface area (Å²) in [4.78, 5) is 14.3. The second kappa shape index (κ2) is 9.71. The van der Waals surface area contributed by atoms with Crippen LogP contribution in [0.25, 0.3) is 0 Å². The summed E-state index contributed by atoms with van der Waals surface area (Å²) in [5.41, 5.74) is 1.05. The molecule has 0 aliphatic rings. The van der Waals surface area contributed by atoms with E-state index in [-0.39, 0.29) is 5.97 Å². The van der Waals surface area contributed by atoms with Gasteiger partial charge in [-0.05, 0) is 12.5 Å². The van der Waals surface area contributed by atoms with Gasteiger partial charge in [-0.25, -0.2) is 0 Å². The van der Waals surface area contributed by atoms with Crippen molar-refractivity contribution in [3.8, 4) is 0 Å². The lowest BCUT2D eigenvalue weighted by atomic mass is 10.2. The number of carbonyl (C=O) groups is 1. The van der Waals surface area contributed by atoms with E-state index in [4.69, 9.17) is 0 Å². The predicted octanol–water partition coefficient (Wildman–Crippen LogP) is 2.24. The van der Waals surface area contributed by atoms with Crippen LogP contribution in [0.15, 0.2) is 35.5 Å². The van der Waals surface area contributed by atoms with Gasteiger partial charge < -0.3 is 9.57 Å². The van der Waals surface area contributed by atoms with Crippen molar-refractivity contribution >= 4 is 12.2 Å². The lowest BCUT2D eigenvalue weighted by molar-refractivity contribution is -0.140. The van der Waals surface area contributed by atoms with E-state index in [1.807, 2.05) is 30.3 Å². The van der Waals surface area contributed by atoms with Gasteiger partial charge in [0.15, 0.2) is 0 Å². The van der Waals surface area contributed by atoms with Crippen molar-refractivity contribution in [3.05, 3.63) is 35.9 Å². The maximum Gasteiger partial charge on any atom is 0.302 e. The largest absolute Gasteiger partial charge is 0.466 e. The van der Waals surface area contributed by atoms with E-state index < -0.39 is 0 Å². The first-order valence-electron chi connectivity index (χ1n) is 4.95. The Morgan fingerprint density at radius 3 is 2.38 bits per heavy atom. The summed E-state index contributed by atoms with van der Waals surface area (Å²) in [5, 5.41) is 3.62. The van der Waals surface area contributed by atoms with Crippen LogP contribution < -0.4 is 0 Å². The lowest BCUT2D eigenvalue weighted by Gasteiger charge is -1.89. The number of nitrogens with zero attached hydrogens (tertiary/aromatic N) is 1. The molecule has 0 aromatic heterocycles. The van der Waals surface area contributed by atoms with Gasteiger partial charge in [-0.1, -0.05) is 35.5 Å². The van der Waals surface area contributed by atoms with Crippen LogP contribution in [0.1, 0.15) is 19.4 Å². The first-order valence-corrected chi connectivity index (χ1v) is 4.95. The highest BCUT2D eigenvalue weighted by molar-refractivity contribution is 5.78. The molecule has 0 saturated heterocycles. The van der Waals surface area contributed by atoms with Gasteiger partial charge in [0.25, 0.3) is 0 Å². The molecule has 0 N–H and O–H groups in total. The summed E-state index contributed by atoms with van der Waals surface area (Å²) in [7, 11) is 1.53. The Bertz CT molecular complexity index is 309. The fourth-order valence-electron chi connectivity index (χ4n) is 0.856. The van der Waals surface area contributed by atoms with Crippen LogP contribution in [-0.4, -0.2) is 25.9 Å². The second-order valence-corrected chi connectivity index (χ2v) is 2.75. The van der Waals surface area contributed by atoms with Gasteiger partial charge in [-0.15, -0.1) is 0 Å². The molecular weight excluding hydrogens is 206 g/mol. The highest BCUT2D eigenvalue weighted by atomic mass is 16.6. The van der Waals surface area contributed by atoms with Crippen molar-refractivity contribution < 1.29 is 14.4 Å². The minimum Gasteiger partial charge on any atom is -0.466 e. The monoisotopic (exact) mass is 223 g/mol. The smallest absolute Gasteiger partial charge is 0.302 e. The molecule has 0 unspecified atom stereocenters. The Labute approximate surface area is 95.9 Å². The first-order chi connectivity index (χ1) is 7.70. The van der Waals surface area contributed by atoms with Crippen molar-refractivity contribution in [2.75, 3.05) is 13.7 Å². The van der Waals surface area contributed by atoms with Crippen molar-refractivity contribution in [2.24, 2.45) is 5.16 Å². The molecule has 0 heterocycles. The molecular formula is C12H17NO3. The molecule has 1 aromatic rings. The minimum absolute atomic E-state index is 0.211. The van der Waals surface area contributed by atoms with E-state index in [0.29, 0.717) is 6.61 Å². The third-order valence-electron chi connectivity index (χ3n) is 1.45. The normalized spacial score (nSPS) is 9.19. The maximum absolute atomic E-state index is 9.82. The second-order valence-electron chi connectivity index (χ2n) is 2.75. The molecule has 1 aromatic carbocycles. The molecule has 4 heteroatoms. The van der Waals surface area contributed by atoms with E-state index >= 15 is 0 Å². The van der Waals surface area contributed by atoms with Crippen LogP contribution in [-0.2, 0) is 14.4 Å². The van der Waals surface area contributed by atoms with Crippen LogP contribution >= 0.6 is 0 Å². The molecule has 0 bridgehead atoms. The van der Waals surface area contributed by atoms with Crippen molar-refractivity contribution in [1.82, 2.24) is 0 Å². The van der Waals surface area contributed by atoms with Crippen molar-refractivity contribution in [1.29, 1.82) is 0 Å². The molecule has 0 fully saturated rings. The highest BCUT2D eigenvalue weighted by Crippen LogP contribution is 1.93. The Hall–Kier alpha value is -1.84. The minimum atomic E-state index is -0.211. The number of oxime groups is 1. The van der Waals surface area contributed by atoms with Gasteiger partial charge in [0.1, 0.15) is 7.11 Å². The van der Waals surface area contributed by atoms with Gasteiger partial charge in [0.2, 0.25) is 0 Å². The van der Waals surface area contributed by atoms with Gasteiger partial charge in [0.05, 0.1) is 12.8 Å². The van der Waals surface area contributed by atoms with Gasteiger partial charge >= 0.3 is 5.97 Å². The summed E-state index contributed by atoms with van der Waals surface area (Å²) in [6, 6.07) is 9.79. The third kappa shape index (κ3) is 8.74. The zero-order valence-corrected chi connectivity index (χ0v) is 9.84. The molecule has 88 valence electrons. The number of rotatable bonds is 3. The van der Waals surface area contributed by atoms with E-state index in [0.717, 1.165) is 5.56 Å². The molecule has 0 aliphatic heterocycles. The molecule has 16 heavy (non-hydrogen) atoms. The Morgan fingerprint density at radius 1 is 1.38 bits per heavy atom. The van der Waals surface area contributed by atoms with Crippen LogP contribution in [0.4, 0.5) is 0 Å². The highest BCUT2D eigenvalue weighted by Gasteiger charge is 1.82. The van der Waals surface area contributed by atoms with Gasteiger partial charge in [-0.3, -0.25) is 4.79 Å². The molecule has 0 amide bonds. The zero-order valence-electron chi connectivity index (χ0n) is 9.84. The molecule has 0 saturated carbocycles. The summed E-state index contributed by atoms with van der Waals surface area (Å²) in [6.45, 7) is 3.65. The standard InChI is InChI=1S/C8H9NO.C4H8O2/c1-10-9-7-8-5-3-2-4-6-8;1-3-6-4(2)5/h2-7H,1H3;3H2,1-2H3/b9-7+;. The molecule has 0 atom stereocenters. The van der Waals surface area contributed by atoms with Gasteiger partial charge in [0, 0.05) is 6.92 Å². The maximum atomic E-state index is 9.82. The van der Waals surface area contributed by atoms with E-state index in [9.17, 15) is 4.79 Å². The molecule has 4 nitrogen and oxygen atoms in total. The average molecular weight is 223 g/mol. The zero-order chi connectivity index (χ0) is 12.2. The van der Waals surface area contributed by atoms with Crippen LogP contribution in [0.3, 0.4) is 0 Å². The fraction of sp³-hybridized carbons (Fsp3) is 0.333. The number of carbonyl (C=O) groups excluding carboxylic acids is 1. The van der Waals surface area contributed by atoms with E-state index in [1.165, 1.54) is 14.0 Å². The summed E-state index contributed by atoms with van der Waals surface area (Å²) < 4.78 is 4.40. The molecule has 0 aliphatic carbocycles. The quantitative estimate of drug-likeness (QED) is 0.448. The average Bonchev–Trinajstić information content (AvgIpc) is 2.28. The number of ether oxygens (including phenoxy) is 1. The lowest BCUT2D eigenvalue weighted by Crippen LogP contribution is -1.95. The SMILES string of the molecule is CCOC(C)=O.CO/N=C/c1ccccc1. The van der Waals surface area contributed by atoms with Gasteiger partial charge in [-0.2, -0.15) is 0 Å². The number of hydrogen-bond acceptors (Lipinski definition) is 4.